The van der Waals surface area contributed by atoms with Gasteiger partial charge in [-0.25, -0.2) is 0 Å². The second-order valence-electron chi connectivity index (χ2n) is 10.3. The summed E-state index contributed by atoms with van der Waals surface area (Å²) < 4.78 is 0. The van der Waals surface area contributed by atoms with Crippen molar-refractivity contribution in [3.8, 4) is 0 Å². The van der Waals surface area contributed by atoms with Crippen molar-refractivity contribution in [1.82, 2.24) is 15.5 Å². The smallest absolute Gasteiger partial charge is 0.251 e. The van der Waals surface area contributed by atoms with Gasteiger partial charge in [0.05, 0.1) is 11.3 Å². The number of nitrogens with one attached hydrogen (secondary N) is 2. The van der Waals surface area contributed by atoms with Gasteiger partial charge in [0.2, 0.25) is 11.8 Å². The summed E-state index contributed by atoms with van der Waals surface area (Å²) in [7, 11) is 0. The number of nitrogens with zero attached hydrogens (tertiary/aromatic N) is 1. The average Bonchev–Trinajstić information content (AvgIpc) is 2.92. The molecule has 6 heteroatoms. The first kappa shape index (κ1) is 26.6. The minimum atomic E-state index is -0.745. The molecule has 0 saturated carbocycles. The van der Waals surface area contributed by atoms with Gasteiger partial charge in [-0.3, -0.25) is 14.4 Å². The molecule has 0 radical (unpaired) electrons. The molecule has 1 aliphatic carbocycles. The predicted molar refractivity (Wildman–Crippen MR) is 151 cm³/mol. The van der Waals surface area contributed by atoms with Crippen LogP contribution in [0.4, 0.5) is 0 Å². The highest BCUT2D eigenvalue weighted by Gasteiger charge is 2.48. The van der Waals surface area contributed by atoms with Crippen LogP contribution < -0.4 is 10.6 Å². The Bertz CT molecular complexity index is 1210. The van der Waals surface area contributed by atoms with E-state index in [1.165, 1.54) is 0 Å². The Morgan fingerprint density at radius 3 is 2.41 bits per heavy atom. The molecule has 1 fully saturated rings. The number of benzene rings is 2. The van der Waals surface area contributed by atoms with Crippen molar-refractivity contribution in [2.45, 2.75) is 70.8 Å². The first-order valence-corrected chi connectivity index (χ1v) is 13.5. The first-order valence-electron chi connectivity index (χ1n) is 13.5. The fourth-order valence-electron chi connectivity index (χ4n) is 6.03. The number of allylic oxidation sites excluding steroid dienone is 1. The highest BCUT2D eigenvalue weighted by atomic mass is 16.2. The van der Waals surface area contributed by atoms with Crippen molar-refractivity contribution in [3.05, 3.63) is 82.4 Å². The standard InChI is InChI=1S/C31H39N3O3.2H2/c1-5-22(4)31(30(37)32-6-2)18-15-26(25-13-9-10-14-27(25)31)29(36)34-19-16-23(17-20-34)33-28(35)24-12-8-7-11-21(24)3;;/h5,7-14,23,26H,6,15-20H2,1-4H3,(H,32,37)(H,33,35);2*1H/b22-5+;;/t26-,31+;;/m1../s1. The number of rotatable bonds is 6. The second-order valence-corrected chi connectivity index (χ2v) is 10.3. The molecule has 4 rings (SSSR count). The molecule has 0 bridgehead atoms. The summed E-state index contributed by atoms with van der Waals surface area (Å²) >= 11 is 0. The van der Waals surface area contributed by atoms with Gasteiger partial charge in [-0.05, 0) is 76.1 Å². The van der Waals surface area contributed by atoms with E-state index in [0.29, 0.717) is 38.0 Å². The minimum Gasteiger partial charge on any atom is -0.355 e. The lowest BCUT2D eigenvalue weighted by Gasteiger charge is -2.43. The number of piperidine rings is 1. The Morgan fingerprint density at radius 1 is 1.05 bits per heavy atom. The SMILES string of the molecule is C/C=C(\C)[C@@]1(C(=O)NCC)CC[C@@H](C(=O)N2CCC(NC(=O)c3ccccc3C)CC2)c2ccccc21.[HH].[HH]. The van der Waals surface area contributed by atoms with Gasteiger partial charge in [0, 0.05) is 34.1 Å². The van der Waals surface area contributed by atoms with Gasteiger partial charge in [-0.15, -0.1) is 0 Å². The molecule has 1 heterocycles. The van der Waals surface area contributed by atoms with E-state index in [-0.39, 0.29) is 32.5 Å². The molecule has 200 valence electrons. The Morgan fingerprint density at radius 2 is 1.73 bits per heavy atom. The van der Waals surface area contributed by atoms with Crippen molar-refractivity contribution >= 4 is 17.7 Å². The van der Waals surface area contributed by atoms with Crippen LogP contribution in [0.1, 0.15) is 82.3 Å². The molecule has 0 aromatic heterocycles. The number of hydrogen-bond acceptors (Lipinski definition) is 3. The Balaban J connectivity index is 0.00000267. The van der Waals surface area contributed by atoms with Crippen molar-refractivity contribution in [2.75, 3.05) is 19.6 Å². The zero-order valence-corrected chi connectivity index (χ0v) is 22.5. The van der Waals surface area contributed by atoms with Crippen LogP contribution in [-0.4, -0.2) is 48.3 Å². The highest BCUT2D eigenvalue weighted by molar-refractivity contribution is 5.96. The zero-order chi connectivity index (χ0) is 26.6. The highest BCUT2D eigenvalue weighted by Crippen LogP contribution is 2.48. The van der Waals surface area contributed by atoms with Gasteiger partial charge >= 0.3 is 0 Å². The van der Waals surface area contributed by atoms with Crippen molar-refractivity contribution in [2.24, 2.45) is 0 Å². The fourth-order valence-corrected chi connectivity index (χ4v) is 6.03. The van der Waals surface area contributed by atoms with Crippen LogP contribution in [0.15, 0.2) is 60.2 Å². The monoisotopic (exact) mass is 505 g/mol. The number of likely N-dealkylation sites (N-methyl/N-ethyl adjacent to an activating group) is 1. The first-order chi connectivity index (χ1) is 17.8. The van der Waals surface area contributed by atoms with E-state index in [4.69, 9.17) is 0 Å². The van der Waals surface area contributed by atoms with Crippen LogP contribution in [0.5, 0.6) is 0 Å². The molecule has 2 N–H and O–H groups in total. The number of amides is 3. The topological polar surface area (TPSA) is 78.5 Å². The molecule has 37 heavy (non-hydrogen) atoms. The molecule has 2 aromatic carbocycles. The number of carbonyl (C=O) groups is 3. The average molecular weight is 506 g/mol. The Hall–Kier alpha value is -3.41. The molecular formula is C31H43N3O3. The number of likely N-dealkylation sites (tertiary alicyclic amines) is 1. The maximum absolute atomic E-state index is 13.8. The lowest BCUT2D eigenvalue weighted by Crippen LogP contribution is -2.51. The van der Waals surface area contributed by atoms with Crippen LogP contribution in [-0.2, 0) is 15.0 Å². The van der Waals surface area contributed by atoms with Crippen LogP contribution in [0.2, 0.25) is 0 Å². The fraction of sp³-hybridized carbons (Fsp3) is 0.452. The summed E-state index contributed by atoms with van der Waals surface area (Å²) in [6.45, 7) is 9.66. The largest absolute Gasteiger partial charge is 0.355 e. The van der Waals surface area contributed by atoms with Crippen LogP contribution >= 0.6 is 0 Å². The lowest BCUT2D eigenvalue weighted by atomic mass is 9.62. The van der Waals surface area contributed by atoms with Crippen molar-refractivity contribution in [1.29, 1.82) is 0 Å². The maximum Gasteiger partial charge on any atom is 0.251 e. The van der Waals surface area contributed by atoms with Gasteiger partial charge in [0.15, 0.2) is 0 Å². The molecule has 1 aliphatic heterocycles. The third-order valence-electron chi connectivity index (χ3n) is 8.26. The van der Waals surface area contributed by atoms with E-state index in [2.05, 4.69) is 10.6 Å². The minimum absolute atomic E-state index is 0. The third-order valence-corrected chi connectivity index (χ3v) is 8.26. The van der Waals surface area contributed by atoms with Gasteiger partial charge in [-0.1, -0.05) is 54.1 Å². The number of aryl methyl sites for hydroxylation is 1. The van der Waals surface area contributed by atoms with Gasteiger partial charge in [-0.2, -0.15) is 0 Å². The Labute approximate surface area is 223 Å². The summed E-state index contributed by atoms with van der Waals surface area (Å²) in [5.41, 5.74) is 3.84. The maximum atomic E-state index is 13.8. The van der Waals surface area contributed by atoms with Crippen LogP contribution in [0.25, 0.3) is 0 Å². The number of carbonyl (C=O) groups excluding carboxylic acids is 3. The van der Waals surface area contributed by atoms with Gasteiger partial charge < -0.3 is 15.5 Å². The van der Waals surface area contributed by atoms with E-state index in [1.807, 2.05) is 87.2 Å². The molecular weight excluding hydrogens is 462 g/mol. The predicted octanol–water partition coefficient (Wildman–Crippen LogP) is 5.13. The van der Waals surface area contributed by atoms with E-state index in [0.717, 1.165) is 35.1 Å². The third kappa shape index (κ3) is 5.07. The quantitative estimate of drug-likeness (QED) is 0.535. The summed E-state index contributed by atoms with van der Waals surface area (Å²) in [6, 6.07) is 15.6. The second kappa shape index (κ2) is 11.3. The summed E-state index contributed by atoms with van der Waals surface area (Å²) in [6.07, 6.45) is 4.72. The molecule has 2 aromatic rings. The van der Waals surface area contributed by atoms with Gasteiger partial charge in [0.1, 0.15) is 0 Å². The molecule has 6 nitrogen and oxygen atoms in total. The summed E-state index contributed by atoms with van der Waals surface area (Å²) in [4.78, 5) is 41.9. The van der Waals surface area contributed by atoms with Crippen molar-refractivity contribution < 1.29 is 17.2 Å². The van der Waals surface area contributed by atoms with Gasteiger partial charge in [0.25, 0.3) is 5.91 Å². The van der Waals surface area contributed by atoms with E-state index < -0.39 is 5.41 Å². The molecule has 2 atom stereocenters. The summed E-state index contributed by atoms with van der Waals surface area (Å²) in [5, 5.41) is 6.20. The van der Waals surface area contributed by atoms with E-state index >= 15 is 0 Å². The van der Waals surface area contributed by atoms with E-state index in [9.17, 15) is 14.4 Å². The lowest BCUT2D eigenvalue weighted by molar-refractivity contribution is -0.135. The molecule has 0 unspecified atom stereocenters. The molecule has 0 spiro atoms. The summed E-state index contributed by atoms with van der Waals surface area (Å²) in [5.74, 6) is -0.181. The Kier molecular flexibility index (Phi) is 8.16. The molecule has 3 amide bonds. The number of fused-ring (bicyclic) bond motifs is 1. The zero-order valence-electron chi connectivity index (χ0n) is 22.5. The van der Waals surface area contributed by atoms with Crippen LogP contribution in [0.3, 0.4) is 0 Å². The van der Waals surface area contributed by atoms with Crippen LogP contribution in [0, 0.1) is 6.92 Å². The molecule has 1 saturated heterocycles. The van der Waals surface area contributed by atoms with E-state index in [1.54, 1.807) is 0 Å². The normalized spacial score (nSPS) is 22.2. The van der Waals surface area contributed by atoms with Crippen molar-refractivity contribution in [3.63, 3.8) is 0 Å². The molecule has 2 aliphatic rings. The number of hydrogen-bond donors (Lipinski definition) is 2.